The quantitative estimate of drug-likeness (QED) is 0.859. The second kappa shape index (κ2) is 5.57. The van der Waals surface area contributed by atoms with E-state index in [1.54, 1.807) is 13.2 Å². The standard InChI is InChI=1S/C13H14N2O5S/c1-14-5-6-15(13(14)18)7-8-21(19,20)11-4-2-3-10(9-11)12(16)17/h2-6,9H,7-8H2,1H3,(H,16,17). The lowest BCUT2D eigenvalue weighted by atomic mass is 10.2. The number of aromatic carboxylic acids is 1. The zero-order valence-corrected chi connectivity index (χ0v) is 12.1. The number of carboxylic acids is 1. The predicted octanol–water partition coefficient (Wildman–Crippen LogP) is 0.359. The van der Waals surface area contributed by atoms with Gasteiger partial charge in [0.2, 0.25) is 0 Å². The third-order valence-corrected chi connectivity index (χ3v) is 4.75. The van der Waals surface area contributed by atoms with E-state index in [9.17, 15) is 18.0 Å². The van der Waals surface area contributed by atoms with Crippen molar-refractivity contribution in [2.75, 3.05) is 5.75 Å². The Balaban J connectivity index is 2.23. The van der Waals surface area contributed by atoms with E-state index in [-0.39, 0.29) is 28.4 Å². The summed E-state index contributed by atoms with van der Waals surface area (Å²) in [6.45, 7) is 0.0132. The van der Waals surface area contributed by atoms with Gasteiger partial charge in [0, 0.05) is 26.0 Å². The van der Waals surface area contributed by atoms with E-state index >= 15 is 0 Å². The molecule has 0 radical (unpaired) electrons. The summed E-state index contributed by atoms with van der Waals surface area (Å²) >= 11 is 0. The molecule has 0 unspecified atom stereocenters. The first kappa shape index (κ1) is 15.0. The van der Waals surface area contributed by atoms with Crippen LogP contribution in [0.5, 0.6) is 0 Å². The van der Waals surface area contributed by atoms with Crippen molar-refractivity contribution < 1.29 is 18.3 Å². The molecule has 0 fully saturated rings. The molecule has 0 bridgehead atoms. The van der Waals surface area contributed by atoms with E-state index in [2.05, 4.69) is 0 Å². The van der Waals surface area contributed by atoms with E-state index in [1.165, 1.54) is 33.5 Å². The molecule has 2 aromatic rings. The van der Waals surface area contributed by atoms with Crippen molar-refractivity contribution in [1.29, 1.82) is 0 Å². The fraction of sp³-hybridized carbons (Fsp3) is 0.231. The SMILES string of the molecule is Cn1ccn(CCS(=O)(=O)c2cccc(C(=O)O)c2)c1=O. The number of aromatic nitrogens is 2. The number of carboxylic acid groups (broad SMARTS) is 1. The number of carbonyl (C=O) groups is 1. The molecular weight excluding hydrogens is 296 g/mol. The van der Waals surface area contributed by atoms with Crippen molar-refractivity contribution >= 4 is 15.8 Å². The molecule has 0 atom stereocenters. The first-order chi connectivity index (χ1) is 9.81. The summed E-state index contributed by atoms with van der Waals surface area (Å²) in [5.41, 5.74) is -0.391. The van der Waals surface area contributed by atoms with Crippen LogP contribution < -0.4 is 5.69 Å². The Morgan fingerprint density at radius 3 is 2.57 bits per heavy atom. The number of hydrogen-bond donors (Lipinski definition) is 1. The van der Waals surface area contributed by atoms with Gasteiger partial charge in [-0.05, 0) is 18.2 Å². The van der Waals surface area contributed by atoms with Gasteiger partial charge in [-0.1, -0.05) is 6.07 Å². The molecular formula is C13H14N2O5S. The third kappa shape index (κ3) is 3.22. The highest BCUT2D eigenvalue weighted by atomic mass is 32.2. The smallest absolute Gasteiger partial charge is 0.335 e. The van der Waals surface area contributed by atoms with Gasteiger partial charge in [0.25, 0.3) is 0 Å². The molecule has 0 saturated carbocycles. The fourth-order valence-corrected chi connectivity index (χ4v) is 3.10. The molecule has 0 aliphatic carbocycles. The van der Waals surface area contributed by atoms with Crippen molar-refractivity contribution in [3.8, 4) is 0 Å². The van der Waals surface area contributed by atoms with Crippen molar-refractivity contribution in [1.82, 2.24) is 9.13 Å². The zero-order valence-electron chi connectivity index (χ0n) is 11.3. The van der Waals surface area contributed by atoms with Crippen LogP contribution in [-0.4, -0.2) is 34.4 Å². The van der Waals surface area contributed by atoms with Crippen LogP contribution in [0.1, 0.15) is 10.4 Å². The van der Waals surface area contributed by atoms with Gasteiger partial charge in [0.05, 0.1) is 16.2 Å². The second-order valence-electron chi connectivity index (χ2n) is 4.54. The highest BCUT2D eigenvalue weighted by molar-refractivity contribution is 7.91. The summed E-state index contributed by atoms with van der Waals surface area (Å²) in [5, 5.41) is 8.88. The zero-order chi connectivity index (χ0) is 15.6. The van der Waals surface area contributed by atoms with Crippen LogP contribution >= 0.6 is 0 Å². The maximum absolute atomic E-state index is 12.2. The van der Waals surface area contributed by atoms with Gasteiger partial charge in [-0.25, -0.2) is 18.0 Å². The van der Waals surface area contributed by atoms with Gasteiger partial charge in [-0.15, -0.1) is 0 Å². The van der Waals surface area contributed by atoms with Crippen LogP contribution in [0.4, 0.5) is 0 Å². The molecule has 21 heavy (non-hydrogen) atoms. The Bertz CT molecular complexity index is 832. The van der Waals surface area contributed by atoms with Gasteiger partial charge in [-0.3, -0.25) is 4.57 Å². The van der Waals surface area contributed by atoms with E-state index in [4.69, 9.17) is 5.11 Å². The lowest BCUT2D eigenvalue weighted by Crippen LogP contribution is -2.25. The first-order valence-electron chi connectivity index (χ1n) is 6.09. The van der Waals surface area contributed by atoms with Gasteiger partial charge in [0.15, 0.2) is 9.84 Å². The Morgan fingerprint density at radius 2 is 2.00 bits per heavy atom. The van der Waals surface area contributed by atoms with E-state index in [0.717, 1.165) is 6.07 Å². The molecule has 112 valence electrons. The number of imidazole rings is 1. The predicted molar refractivity (Wildman–Crippen MR) is 75.1 cm³/mol. The minimum absolute atomic E-state index is 0.0132. The van der Waals surface area contributed by atoms with Crippen molar-refractivity contribution in [3.05, 3.63) is 52.7 Å². The minimum Gasteiger partial charge on any atom is -0.478 e. The highest BCUT2D eigenvalue weighted by Crippen LogP contribution is 2.13. The molecule has 0 amide bonds. The summed E-state index contributed by atoms with van der Waals surface area (Å²) in [5.74, 6) is -1.47. The number of sulfone groups is 1. The average molecular weight is 310 g/mol. The van der Waals surface area contributed by atoms with Crippen LogP contribution in [0, 0.1) is 0 Å². The van der Waals surface area contributed by atoms with Gasteiger partial charge in [0.1, 0.15) is 0 Å². The lowest BCUT2D eigenvalue weighted by Gasteiger charge is -2.05. The average Bonchev–Trinajstić information content (AvgIpc) is 2.77. The summed E-state index contributed by atoms with van der Waals surface area (Å²) in [4.78, 5) is 22.4. The summed E-state index contributed by atoms with van der Waals surface area (Å²) in [6.07, 6.45) is 3.05. The highest BCUT2D eigenvalue weighted by Gasteiger charge is 2.17. The first-order valence-corrected chi connectivity index (χ1v) is 7.74. The maximum Gasteiger partial charge on any atom is 0.335 e. The Morgan fingerprint density at radius 1 is 1.29 bits per heavy atom. The number of benzene rings is 1. The molecule has 0 aliphatic heterocycles. The maximum atomic E-state index is 12.2. The molecule has 1 heterocycles. The molecule has 0 aliphatic rings. The molecule has 1 N–H and O–H groups in total. The minimum atomic E-state index is -3.65. The largest absolute Gasteiger partial charge is 0.478 e. The van der Waals surface area contributed by atoms with Crippen LogP contribution in [0.15, 0.2) is 46.3 Å². The van der Waals surface area contributed by atoms with E-state index < -0.39 is 15.8 Å². The van der Waals surface area contributed by atoms with Crippen LogP contribution in [-0.2, 0) is 23.4 Å². The molecule has 0 spiro atoms. The van der Waals surface area contributed by atoms with Gasteiger partial charge >= 0.3 is 11.7 Å². The van der Waals surface area contributed by atoms with Gasteiger partial charge < -0.3 is 9.67 Å². The molecule has 0 saturated heterocycles. The Kier molecular flexibility index (Phi) is 3.99. The Labute approximate surface area is 121 Å². The van der Waals surface area contributed by atoms with E-state index in [1.807, 2.05) is 0 Å². The summed E-state index contributed by atoms with van der Waals surface area (Å²) < 4.78 is 27.0. The number of nitrogens with zero attached hydrogens (tertiary/aromatic N) is 2. The van der Waals surface area contributed by atoms with Crippen LogP contribution in [0.3, 0.4) is 0 Å². The molecule has 1 aromatic carbocycles. The summed E-state index contributed by atoms with van der Waals surface area (Å²) in [6, 6.07) is 5.16. The van der Waals surface area contributed by atoms with Crippen LogP contribution in [0.2, 0.25) is 0 Å². The topological polar surface area (TPSA) is 98.4 Å². The normalized spacial score (nSPS) is 11.5. The monoisotopic (exact) mass is 310 g/mol. The van der Waals surface area contributed by atoms with E-state index in [0.29, 0.717) is 0 Å². The second-order valence-corrected chi connectivity index (χ2v) is 6.65. The molecule has 8 heteroatoms. The van der Waals surface area contributed by atoms with Crippen molar-refractivity contribution in [2.24, 2.45) is 7.05 Å². The number of rotatable bonds is 5. The number of hydrogen-bond acceptors (Lipinski definition) is 4. The summed E-state index contributed by atoms with van der Waals surface area (Å²) in [7, 11) is -2.08. The molecule has 1 aromatic heterocycles. The third-order valence-electron chi connectivity index (χ3n) is 3.06. The lowest BCUT2D eigenvalue weighted by molar-refractivity contribution is 0.0696. The Hall–Kier alpha value is -2.35. The number of aryl methyl sites for hydroxylation is 2. The van der Waals surface area contributed by atoms with Crippen LogP contribution in [0.25, 0.3) is 0 Å². The van der Waals surface area contributed by atoms with Gasteiger partial charge in [-0.2, -0.15) is 0 Å². The molecule has 7 nitrogen and oxygen atoms in total. The van der Waals surface area contributed by atoms with Crippen molar-refractivity contribution in [2.45, 2.75) is 11.4 Å². The molecule has 2 rings (SSSR count). The van der Waals surface area contributed by atoms with Crippen molar-refractivity contribution in [3.63, 3.8) is 0 Å². The fourth-order valence-electron chi connectivity index (χ4n) is 1.84.